The number of amides is 2. The Morgan fingerprint density at radius 1 is 1.38 bits per heavy atom. The SMILES string of the molecule is CN1C(=NC(=O)CCNC(=O)OC(C)(C)C)S[C@H]2CS(=O)(=O)C[C@@H]21. The minimum absolute atomic E-state index is 0.0603. The standard InChI is InChI=1S/C14H23N3O5S2/c1-14(2,3)22-13(19)15-6-5-11(18)16-12-17(4)9-7-24(20,21)8-10(9)23-12/h9-10H,5-8H2,1-4H3,(H,15,19)/t9-,10-/m0/s1. The van der Waals surface area contributed by atoms with Gasteiger partial charge in [-0.1, -0.05) is 11.8 Å². The Labute approximate surface area is 146 Å². The van der Waals surface area contributed by atoms with Gasteiger partial charge in [0.25, 0.3) is 0 Å². The number of sulfone groups is 1. The molecule has 2 aliphatic heterocycles. The first-order valence-electron chi connectivity index (χ1n) is 7.65. The van der Waals surface area contributed by atoms with E-state index in [0.717, 1.165) is 0 Å². The normalized spacial score (nSPS) is 27.2. The molecule has 0 saturated carbocycles. The number of alkyl carbamates (subject to hydrolysis) is 1. The lowest BCUT2D eigenvalue weighted by Crippen LogP contribution is -2.34. The fraction of sp³-hybridized carbons (Fsp3) is 0.786. The van der Waals surface area contributed by atoms with E-state index in [9.17, 15) is 18.0 Å². The molecule has 1 N–H and O–H groups in total. The Morgan fingerprint density at radius 3 is 2.62 bits per heavy atom. The summed E-state index contributed by atoms with van der Waals surface area (Å²) in [6, 6.07) is -0.119. The van der Waals surface area contributed by atoms with E-state index in [-0.39, 0.29) is 41.7 Å². The molecule has 0 aliphatic carbocycles. The van der Waals surface area contributed by atoms with Crippen LogP contribution in [-0.4, -0.2) is 72.5 Å². The molecule has 0 aromatic rings. The van der Waals surface area contributed by atoms with Gasteiger partial charge in [-0.25, -0.2) is 13.2 Å². The summed E-state index contributed by atoms with van der Waals surface area (Å²) in [6.07, 6.45) is -0.514. The number of rotatable bonds is 3. The lowest BCUT2D eigenvalue weighted by molar-refractivity contribution is -0.117. The van der Waals surface area contributed by atoms with E-state index in [1.54, 1.807) is 32.7 Å². The van der Waals surface area contributed by atoms with Crippen LogP contribution in [0.4, 0.5) is 4.79 Å². The van der Waals surface area contributed by atoms with Crippen molar-refractivity contribution in [2.24, 2.45) is 4.99 Å². The molecular formula is C14H23N3O5S2. The zero-order valence-corrected chi connectivity index (χ0v) is 15.9. The molecule has 2 rings (SSSR count). The minimum Gasteiger partial charge on any atom is -0.444 e. The van der Waals surface area contributed by atoms with Gasteiger partial charge in [0.05, 0.1) is 17.5 Å². The lowest BCUT2D eigenvalue weighted by Gasteiger charge is -2.19. The third kappa shape index (κ3) is 5.10. The van der Waals surface area contributed by atoms with E-state index in [2.05, 4.69) is 10.3 Å². The van der Waals surface area contributed by atoms with Crippen molar-refractivity contribution >= 4 is 38.8 Å². The third-order valence-corrected chi connectivity index (χ3v) is 6.86. The summed E-state index contributed by atoms with van der Waals surface area (Å²) in [5, 5.41) is 2.99. The van der Waals surface area contributed by atoms with E-state index in [1.807, 2.05) is 0 Å². The predicted octanol–water partition coefficient (Wildman–Crippen LogP) is 0.628. The smallest absolute Gasteiger partial charge is 0.407 e. The van der Waals surface area contributed by atoms with Crippen LogP contribution >= 0.6 is 11.8 Å². The van der Waals surface area contributed by atoms with Crippen LogP contribution in [0, 0.1) is 0 Å². The summed E-state index contributed by atoms with van der Waals surface area (Å²) >= 11 is 1.33. The van der Waals surface area contributed by atoms with Crippen molar-refractivity contribution in [3.05, 3.63) is 0 Å². The Morgan fingerprint density at radius 2 is 2.04 bits per heavy atom. The molecule has 0 spiro atoms. The number of hydrogen-bond acceptors (Lipinski definition) is 6. The second-order valence-corrected chi connectivity index (χ2v) is 10.2. The summed E-state index contributed by atoms with van der Waals surface area (Å²) in [7, 11) is -1.24. The summed E-state index contributed by atoms with van der Waals surface area (Å²) in [4.78, 5) is 29.2. The number of aliphatic imine (C=N–C) groups is 1. The summed E-state index contributed by atoms with van der Waals surface area (Å²) < 4.78 is 28.3. The molecule has 2 aliphatic rings. The molecule has 2 atom stereocenters. The van der Waals surface area contributed by atoms with Gasteiger partial charge in [-0.15, -0.1) is 0 Å². The molecule has 0 radical (unpaired) electrons. The number of nitrogens with zero attached hydrogens (tertiary/aromatic N) is 2. The molecule has 0 bridgehead atoms. The first-order chi connectivity index (χ1) is 11.0. The van der Waals surface area contributed by atoms with Crippen LogP contribution in [0.1, 0.15) is 27.2 Å². The average molecular weight is 377 g/mol. The maximum Gasteiger partial charge on any atom is 0.407 e. The summed E-state index contributed by atoms with van der Waals surface area (Å²) in [6.45, 7) is 5.41. The van der Waals surface area contributed by atoms with Gasteiger partial charge >= 0.3 is 6.09 Å². The molecular weight excluding hydrogens is 354 g/mol. The molecule has 10 heteroatoms. The van der Waals surface area contributed by atoms with E-state index in [4.69, 9.17) is 4.74 Å². The van der Waals surface area contributed by atoms with Crippen molar-refractivity contribution in [3.63, 3.8) is 0 Å². The van der Waals surface area contributed by atoms with Gasteiger partial charge in [-0.2, -0.15) is 4.99 Å². The van der Waals surface area contributed by atoms with Gasteiger partial charge in [0.1, 0.15) is 5.60 Å². The van der Waals surface area contributed by atoms with Crippen molar-refractivity contribution in [3.8, 4) is 0 Å². The van der Waals surface area contributed by atoms with E-state index >= 15 is 0 Å². The molecule has 0 aromatic carbocycles. The fourth-order valence-corrected chi connectivity index (χ4v) is 6.50. The predicted molar refractivity (Wildman–Crippen MR) is 92.9 cm³/mol. The summed E-state index contributed by atoms with van der Waals surface area (Å²) in [5.74, 6) is -0.127. The maximum absolute atomic E-state index is 11.9. The van der Waals surface area contributed by atoms with E-state index < -0.39 is 21.5 Å². The number of ether oxygens (including phenoxy) is 1. The van der Waals surface area contributed by atoms with Crippen LogP contribution in [0.5, 0.6) is 0 Å². The first kappa shape index (κ1) is 19.0. The average Bonchev–Trinajstić information content (AvgIpc) is 2.82. The Hall–Kier alpha value is -1.29. The van der Waals surface area contributed by atoms with Crippen molar-refractivity contribution < 1.29 is 22.7 Å². The van der Waals surface area contributed by atoms with Crippen LogP contribution in [0.3, 0.4) is 0 Å². The third-order valence-electron chi connectivity index (χ3n) is 3.56. The first-order valence-corrected chi connectivity index (χ1v) is 10.4. The second kappa shape index (κ2) is 6.91. The molecule has 136 valence electrons. The van der Waals surface area contributed by atoms with Gasteiger partial charge in [0, 0.05) is 25.3 Å². The van der Waals surface area contributed by atoms with Gasteiger partial charge in [-0.05, 0) is 20.8 Å². The van der Waals surface area contributed by atoms with Crippen LogP contribution in [0.15, 0.2) is 4.99 Å². The van der Waals surface area contributed by atoms with Gasteiger partial charge in [-0.3, -0.25) is 4.79 Å². The van der Waals surface area contributed by atoms with Crippen LogP contribution < -0.4 is 5.32 Å². The lowest BCUT2D eigenvalue weighted by atomic mass is 10.2. The monoisotopic (exact) mass is 377 g/mol. The van der Waals surface area contributed by atoms with Crippen LogP contribution in [0.2, 0.25) is 0 Å². The van der Waals surface area contributed by atoms with Crippen molar-refractivity contribution in [1.82, 2.24) is 10.2 Å². The zero-order valence-electron chi connectivity index (χ0n) is 14.2. The molecule has 0 aromatic heterocycles. The number of hydrogen-bond donors (Lipinski definition) is 1. The van der Waals surface area contributed by atoms with Gasteiger partial charge in [0.2, 0.25) is 5.91 Å². The molecule has 0 unspecified atom stereocenters. The maximum atomic E-state index is 11.9. The van der Waals surface area contributed by atoms with Crippen molar-refractivity contribution in [2.75, 3.05) is 25.1 Å². The second-order valence-electron chi connectivity index (χ2n) is 6.88. The Kier molecular flexibility index (Phi) is 5.48. The zero-order chi connectivity index (χ0) is 18.1. The highest BCUT2D eigenvalue weighted by atomic mass is 32.2. The quantitative estimate of drug-likeness (QED) is 0.769. The molecule has 2 saturated heterocycles. The molecule has 2 fully saturated rings. The topological polar surface area (TPSA) is 105 Å². The molecule has 8 nitrogen and oxygen atoms in total. The Balaban J connectivity index is 1.81. The number of carbonyl (C=O) groups is 2. The number of nitrogens with one attached hydrogen (secondary N) is 1. The number of thioether (sulfide) groups is 1. The van der Waals surface area contributed by atoms with Gasteiger partial charge < -0.3 is 15.0 Å². The molecule has 2 amide bonds. The highest BCUT2D eigenvalue weighted by Crippen LogP contribution is 2.36. The van der Waals surface area contributed by atoms with Crippen molar-refractivity contribution in [1.29, 1.82) is 0 Å². The van der Waals surface area contributed by atoms with E-state index in [1.165, 1.54) is 11.8 Å². The summed E-state index contributed by atoms with van der Waals surface area (Å²) in [5.41, 5.74) is -0.588. The fourth-order valence-electron chi connectivity index (χ4n) is 2.48. The number of amidine groups is 1. The molecule has 24 heavy (non-hydrogen) atoms. The van der Waals surface area contributed by atoms with Crippen LogP contribution in [-0.2, 0) is 19.4 Å². The highest BCUT2D eigenvalue weighted by molar-refractivity contribution is 8.15. The number of fused-ring (bicyclic) bond motifs is 1. The van der Waals surface area contributed by atoms with Gasteiger partial charge in [0.15, 0.2) is 15.0 Å². The molecule has 2 heterocycles. The number of carbonyl (C=O) groups excluding carboxylic acids is 2. The highest BCUT2D eigenvalue weighted by Gasteiger charge is 2.47. The largest absolute Gasteiger partial charge is 0.444 e. The minimum atomic E-state index is -2.99. The Bertz CT molecular complexity index is 654. The van der Waals surface area contributed by atoms with Crippen LogP contribution in [0.25, 0.3) is 0 Å². The van der Waals surface area contributed by atoms with Crippen molar-refractivity contribution in [2.45, 2.75) is 44.1 Å². The van der Waals surface area contributed by atoms with E-state index in [0.29, 0.717) is 5.17 Å².